The minimum atomic E-state index is 0.0934. The van der Waals surface area contributed by atoms with Crippen LogP contribution < -0.4 is 10.6 Å². The quantitative estimate of drug-likeness (QED) is 0.782. The fraction of sp³-hybridized carbons (Fsp3) is 0.286. The Hall–Kier alpha value is -2.14. The summed E-state index contributed by atoms with van der Waals surface area (Å²) in [5.74, 6) is 0.0934. The maximum atomic E-state index is 11.3. The Labute approximate surface area is 111 Å². The standard InChI is InChI=1S/C14H16N4O/c1-15-7-12-14(17-8-16-12)10-2-4-11-9(6-10)3-5-13(19)18-11/h2,4,6,8,15H,3,5,7H2,1H3,(H,16,17)(H,18,19). The summed E-state index contributed by atoms with van der Waals surface area (Å²) in [7, 11) is 1.91. The lowest BCUT2D eigenvalue weighted by Gasteiger charge is -2.17. The van der Waals surface area contributed by atoms with E-state index in [-0.39, 0.29) is 5.91 Å². The molecule has 5 heteroatoms. The molecule has 0 radical (unpaired) electrons. The molecule has 0 saturated carbocycles. The van der Waals surface area contributed by atoms with Gasteiger partial charge in [0.1, 0.15) is 0 Å². The van der Waals surface area contributed by atoms with E-state index < -0.39 is 0 Å². The van der Waals surface area contributed by atoms with Gasteiger partial charge >= 0.3 is 0 Å². The van der Waals surface area contributed by atoms with Crippen molar-refractivity contribution in [2.45, 2.75) is 19.4 Å². The number of nitrogens with one attached hydrogen (secondary N) is 3. The number of hydrogen-bond acceptors (Lipinski definition) is 3. The van der Waals surface area contributed by atoms with Crippen LogP contribution in [0.25, 0.3) is 11.3 Å². The highest BCUT2D eigenvalue weighted by atomic mass is 16.1. The fourth-order valence-electron chi connectivity index (χ4n) is 2.41. The largest absolute Gasteiger partial charge is 0.347 e. The summed E-state index contributed by atoms with van der Waals surface area (Å²) in [6.07, 6.45) is 3.06. The average Bonchev–Trinajstić information content (AvgIpc) is 2.87. The first-order chi connectivity index (χ1) is 9.28. The molecule has 0 aliphatic carbocycles. The van der Waals surface area contributed by atoms with E-state index in [0.29, 0.717) is 6.42 Å². The highest BCUT2D eigenvalue weighted by molar-refractivity contribution is 5.94. The molecular weight excluding hydrogens is 240 g/mol. The minimum absolute atomic E-state index is 0.0934. The lowest BCUT2D eigenvalue weighted by Crippen LogP contribution is -2.18. The predicted octanol–water partition coefficient (Wildman–Crippen LogP) is 1.68. The molecule has 2 heterocycles. The number of nitrogens with zero attached hydrogens (tertiary/aromatic N) is 1. The lowest BCUT2D eigenvalue weighted by atomic mass is 9.98. The number of fused-ring (bicyclic) bond motifs is 1. The van der Waals surface area contributed by atoms with Crippen LogP contribution in [0.5, 0.6) is 0 Å². The number of imidazole rings is 1. The number of aromatic nitrogens is 2. The Kier molecular flexibility index (Phi) is 3.05. The summed E-state index contributed by atoms with van der Waals surface area (Å²) >= 11 is 0. The summed E-state index contributed by atoms with van der Waals surface area (Å²) in [4.78, 5) is 18.9. The van der Waals surface area contributed by atoms with Crippen LogP contribution in [0.3, 0.4) is 0 Å². The van der Waals surface area contributed by atoms with E-state index in [0.717, 1.165) is 35.6 Å². The van der Waals surface area contributed by atoms with Gasteiger partial charge in [0.25, 0.3) is 0 Å². The van der Waals surface area contributed by atoms with E-state index in [1.165, 1.54) is 5.56 Å². The third kappa shape index (κ3) is 2.24. The molecule has 3 N–H and O–H groups in total. The minimum Gasteiger partial charge on any atom is -0.347 e. The normalized spacial score (nSPS) is 14.1. The SMILES string of the molecule is CNCc1[nH]cnc1-c1ccc2c(c1)CCC(=O)N2. The Morgan fingerprint density at radius 2 is 2.26 bits per heavy atom. The van der Waals surface area contributed by atoms with Crippen LogP contribution in [0.2, 0.25) is 0 Å². The lowest BCUT2D eigenvalue weighted by molar-refractivity contribution is -0.116. The summed E-state index contributed by atoms with van der Waals surface area (Å²) in [6.45, 7) is 0.753. The van der Waals surface area contributed by atoms with E-state index in [1.54, 1.807) is 6.33 Å². The molecule has 1 aromatic heterocycles. The van der Waals surface area contributed by atoms with Gasteiger partial charge < -0.3 is 15.6 Å². The molecule has 1 aliphatic rings. The van der Waals surface area contributed by atoms with Crippen molar-refractivity contribution in [1.29, 1.82) is 0 Å². The van der Waals surface area contributed by atoms with Gasteiger partial charge in [0.2, 0.25) is 5.91 Å². The highest BCUT2D eigenvalue weighted by Crippen LogP contribution is 2.29. The van der Waals surface area contributed by atoms with Gasteiger partial charge in [0.05, 0.1) is 17.7 Å². The second kappa shape index (κ2) is 4.85. The number of carbonyl (C=O) groups is 1. The molecule has 0 spiro atoms. The van der Waals surface area contributed by atoms with Gasteiger partial charge in [0.15, 0.2) is 0 Å². The maximum Gasteiger partial charge on any atom is 0.224 e. The van der Waals surface area contributed by atoms with Crippen molar-refractivity contribution in [3.05, 3.63) is 35.8 Å². The fourth-order valence-corrected chi connectivity index (χ4v) is 2.41. The second-order valence-electron chi connectivity index (χ2n) is 4.68. The van der Waals surface area contributed by atoms with Crippen molar-refractivity contribution in [3.8, 4) is 11.3 Å². The molecule has 2 aromatic rings. The maximum absolute atomic E-state index is 11.3. The van der Waals surface area contributed by atoms with Gasteiger partial charge in [-0.05, 0) is 31.2 Å². The molecule has 98 valence electrons. The topological polar surface area (TPSA) is 69.8 Å². The smallest absolute Gasteiger partial charge is 0.224 e. The van der Waals surface area contributed by atoms with Crippen LogP contribution in [0.15, 0.2) is 24.5 Å². The summed E-state index contributed by atoms with van der Waals surface area (Å²) < 4.78 is 0. The van der Waals surface area contributed by atoms with Gasteiger partial charge in [-0.15, -0.1) is 0 Å². The molecule has 0 fully saturated rings. The van der Waals surface area contributed by atoms with Crippen molar-refractivity contribution >= 4 is 11.6 Å². The predicted molar refractivity (Wildman–Crippen MR) is 73.7 cm³/mol. The number of amides is 1. The number of aromatic amines is 1. The van der Waals surface area contributed by atoms with Crippen LogP contribution >= 0.6 is 0 Å². The molecule has 0 atom stereocenters. The summed E-state index contributed by atoms with van der Waals surface area (Å²) in [5.41, 5.74) is 5.22. The molecular formula is C14H16N4O. The Balaban J connectivity index is 1.98. The molecule has 0 saturated heterocycles. The van der Waals surface area contributed by atoms with Crippen molar-refractivity contribution in [2.75, 3.05) is 12.4 Å². The van der Waals surface area contributed by atoms with E-state index in [4.69, 9.17) is 0 Å². The van der Waals surface area contributed by atoms with E-state index in [9.17, 15) is 4.79 Å². The van der Waals surface area contributed by atoms with Crippen LogP contribution in [0.1, 0.15) is 17.7 Å². The van der Waals surface area contributed by atoms with Gasteiger partial charge in [-0.25, -0.2) is 4.98 Å². The molecule has 3 rings (SSSR count). The van der Waals surface area contributed by atoms with Crippen molar-refractivity contribution in [3.63, 3.8) is 0 Å². The third-order valence-corrected chi connectivity index (χ3v) is 3.35. The van der Waals surface area contributed by atoms with Crippen molar-refractivity contribution < 1.29 is 4.79 Å². The van der Waals surface area contributed by atoms with E-state index >= 15 is 0 Å². The zero-order valence-electron chi connectivity index (χ0n) is 10.8. The Bertz CT molecular complexity index is 618. The number of benzene rings is 1. The van der Waals surface area contributed by atoms with Crippen molar-refractivity contribution in [1.82, 2.24) is 15.3 Å². The van der Waals surface area contributed by atoms with E-state index in [1.807, 2.05) is 19.2 Å². The Morgan fingerprint density at radius 3 is 3.11 bits per heavy atom. The summed E-state index contributed by atoms with van der Waals surface area (Å²) in [6, 6.07) is 6.07. The molecule has 1 amide bonds. The number of hydrogen-bond donors (Lipinski definition) is 3. The molecule has 1 aromatic carbocycles. The Morgan fingerprint density at radius 1 is 1.37 bits per heavy atom. The molecule has 1 aliphatic heterocycles. The summed E-state index contributed by atoms with van der Waals surface area (Å²) in [5, 5.41) is 6.01. The van der Waals surface area contributed by atoms with Gasteiger partial charge in [-0.1, -0.05) is 6.07 Å². The van der Waals surface area contributed by atoms with Gasteiger partial charge in [0, 0.05) is 24.2 Å². The number of carbonyl (C=O) groups excluding carboxylic acids is 1. The first-order valence-electron chi connectivity index (χ1n) is 6.38. The molecule has 5 nitrogen and oxygen atoms in total. The van der Waals surface area contributed by atoms with Gasteiger partial charge in [-0.3, -0.25) is 4.79 Å². The zero-order valence-corrected chi connectivity index (χ0v) is 10.8. The van der Waals surface area contributed by atoms with E-state index in [2.05, 4.69) is 26.7 Å². The first kappa shape index (κ1) is 11.9. The monoisotopic (exact) mass is 256 g/mol. The van der Waals surface area contributed by atoms with Crippen LogP contribution in [0, 0.1) is 0 Å². The molecule has 0 unspecified atom stereocenters. The highest BCUT2D eigenvalue weighted by Gasteiger charge is 2.16. The molecule has 0 bridgehead atoms. The average molecular weight is 256 g/mol. The third-order valence-electron chi connectivity index (χ3n) is 3.35. The van der Waals surface area contributed by atoms with Crippen LogP contribution in [-0.2, 0) is 17.8 Å². The first-order valence-corrected chi connectivity index (χ1v) is 6.38. The zero-order chi connectivity index (χ0) is 13.2. The van der Waals surface area contributed by atoms with Crippen molar-refractivity contribution in [2.24, 2.45) is 0 Å². The number of H-pyrrole nitrogens is 1. The number of anilines is 1. The second-order valence-corrected chi connectivity index (χ2v) is 4.68. The van der Waals surface area contributed by atoms with Crippen LogP contribution in [0.4, 0.5) is 5.69 Å². The van der Waals surface area contributed by atoms with Gasteiger partial charge in [-0.2, -0.15) is 0 Å². The van der Waals surface area contributed by atoms with Crippen LogP contribution in [-0.4, -0.2) is 22.9 Å². The number of rotatable bonds is 3. The molecule has 19 heavy (non-hydrogen) atoms. The number of aryl methyl sites for hydroxylation is 1.